The van der Waals surface area contributed by atoms with Gasteiger partial charge in [-0.15, -0.1) is 0 Å². The highest BCUT2D eigenvalue weighted by Crippen LogP contribution is 2.25. The van der Waals surface area contributed by atoms with E-state index < -0.39 is 0 Å². The summed E-state index contributed by atoms with van der Waals surface area (Å²) in [6.07, 6.45) is 0.985. The fourth-order valence-corrected chi connectivity index (χ4v) is 3.19. The SMILES string of the molecule is CCc1cccc(C)c1Nc1cc(C)nc(NCCN2CCOCC2)n1. The first kappa shape index (κ1) is 18.6. The number of hydrogen-bond acceptors (Lipinski definition) is 6. The van der Waals surface area contributed by atoms with Crippen LogP contribution in [0.1, 0.15) is 23.7 Å². The standard InChI is InChI=1S/C20H29N5O/c1-4-17-7-5-6-15(2)19(17)23-18-14-16(3)22-20(24-18)21-8-9-25-10-12-26-13-11-25/h5-7,14H,4,8-13H2,1-3H3,(H2,21,22,23,24). The quantitative estimate of drug-likeness (QED) is 0.796. The van der Waals surface area contributed by atoms with Gasteiger partial charge >= 0.3 is 0 Å². The molecule has 6 heteroatoms. The molecule has 2 aromatic rings. The van der Waals surface area contributed by atoms with Crippen molar-refractivity contribution in [2.24, 2.45) is 0 Å². The highest BCUT2D eigenvalue weighted by atomic mass is 16.5. The molecule has 0 bridgehead atoms. The zero-order valence-electron chi connectivity index (χ0n) is 16.0. The highest BCUT2D eigenvalue weighted by Gasteiger charge is 2.11. The molecule has 0 unspecified atom stereocenters. The molecule has 0 atom stereocenters. The summed E-state index contributed by atoms with van der Waals surface area (Å²) < 4.78 is 5.39. The first-order valence-electron chi connectivity index (χ1n) is 9.41. The molecule has 1 aliphatic rings. The van der Waals surface area contributed by atoms with Crippen molar-refractivity contribution in [2.75, 3.05) is 50.0 Å². The van der Waals surface area contributed by atoms with Crippen molar-refractivity contribution in [3.63, 3.8) is 0 Å². The molecule has 2 N–H and O–H groups in total. The lowest BCUT2D eigenvalue weighted by atomic mass is 10.1. The van der Waals surface area contributed by atoms with Crippen LogP contribution in [0.2, 0.25) is 0 Å². The summed E-state index contributed by atoms with van der Waals surface area (Å²) in [5, 5.41) is 6.85. The molecule has 3 rings (SSSR count). The zero-order valence-corrected chi connectivity index (χ0v) is 16.0. The molecule has 0 amide bonds. The fraction of sp³-hybridized carbons (Fsp3) is 0.500. The van der Waals surface area contributed by atoms with Crippen LogP contribution in [0.4, 0.5) is 17.5 Å². The maximum atomic E-state index is 5.39. The normalized spacial score (nSPS) is 15.0. The Morgan fingerprint density at radius 2 is 1.96 bits per heavy atom. The van der Waals surface area contributed by atoms with E-state index >= 15 is 0 Å². The van der Waals surface area contributed by atoms with Crippen LogP contribution in [0.25, 0.3) is 0 Å². The number of morpholine rings is 1. The molecule has 2 heterocycles. The Kier molecular flexibility index (Phi) is 6.41. The highest BCUT2D eigenvalue weighted by molar-refractivity contribution is 5.65. The summed E-state index contributed by atoms with van der Waals surface area (Å²) in [4.78, 5) is 11.6. The first-order valence-corrected chi connectivity index (χ1v) is 9.41. The van der Waals surface area contributed by atoms with E-state index in [-0.39, 0.29) is 0 Å². The van der Waals surface area contributed by atoms with E-state index in [1.54, 1.807) is 0 Å². The molecule has 0 saturated carbocycles. The number of benzene rings is 1. The number of aryl methyl sites for hydroxylation is 3. The minimum absolute atomic E-state index is 0.674. The molecule has 1 saturated heterocycles. The average molecular weight is 355 g/mol. The molecule has 0 aliphatic carbocycles. The van der Waals surface area contributed by atoms with Crippen LogP contribution in [0, 0.1) is 13.8 Å². The number of aromatic nitrogens is 2. The Labute approximate surface area is 156 Å². The number of rotatable bonds is 7. The van der Waals surface area contributed by atoms with E-state index in [0.29, 0.717) is 5.95 Å². The van der Waals surface area contributed by atoms with E-state index in [1.165, 1.54) is 11.1 Å². The van der Waals surface area contributed by atoms with Gasteiger partial charge in [-0.3, -0.25) is 4.90 Å². The second-order valence-electron chi connectivity index (χ2n) is 6.69. The third-order valence-corrected chi connectivity index (χ3v) is 4.66. The second kappa shape index (κ2) is 8.96. The summed E-state index contributed by atoms with van der Waals surface area (Å²) in [6, 6.07) is 8.37. The summed E-state index contributed by atoms with van der Waals surface area (Å²) in [6.45, 7) is 11.7. The Morgan fingerprint density at radius 1 is 1.15 bits per heavy atom. The molecule has 1 aliphatic heterocycles. The summed E-state index contributed by atoms with van der Waals surface area (Å²) in [7, 11) is 0. The average Bonchev–Trinajstić information content (AvgIpc) is 2.64. The Hall–Kier alpha value is -2.18. The summed E-state index contributed by atoms with van der Waals surface area (Å²) in [5.41, 5.74) is 4.61. The van der Waals surface area contributed by atoms with E-state index in [4.69, 9.17) is 4.74 Å². The third-order valence-electron chi connectivity index (χ3n) is 4.66. The van der Waals surface area contributed by atoms with Crippen molar-refractivity contribution in [3.8, 4) is 0 Å². The van der Waals surface area contributed by atoms with E-state index in [2.05, 4.69) is 57.5 Å². The van der Waals surface area contributed by atoms with Gasteiger partial charge in [0.15, 0.2) is 0 Å². The summed E-state index contributed by atoms with van der Waals surface area (Å²) >= 11 is 0. The monoisotopic (exact) mass is 355 g/mol. The van der Waals surface area contributed by atoms with Crippen molar-refractivity contribution in [2.45, 2.75) is 27.2 Å². The molecule has 1 aromatic carbocycles. The van der Waals surface area contributed by atoms with Crippen LogP contribution < -0.4 is 10.6 Å². The van der Waals surface area contributed by atoms with Crippen LogP contribution >= 0.6 is 0 Å². The molecule has 140 valence electrons. The van der Waals surface area contributed by atoms with Gasteiger partial charge in [-0.25, -0.2) is 4.98 Å². The van der Waals surface area contributed by atoms with Crippen LogP contribution in [0.5, 0.6) is 0 Å². The van der Waals surface area contributed by atoms with Gasteiger partial charge in [0.25, 0.3) is 0 Å². The van der Waals surface area contributed by atoms with Crippen molar-refractivity contribution < 1.29 is 4.74 Å². The van der Waals surface area contributed by atoms with Crippen molar-refractivity contribution >= 4 is 17.5 Å². The van der Waals surface area contributed by atoms with Crippen LogP contribution in [0.3, 0.4) is 0 Å². The lowest BCUT2D eigenvalue weighted by Crippen LogP contribution is -2.39. The minimum atomic E-state index is 0.674. The fourth-order valence-electron chi connectivity index (χ4n) is 3.19. The number of nitrogens with one attached hydrogen (secondary N) is 2. The summed E-state index contributed by atoms with van der Waals surface area (Å²) in [5.74, 6) is 1.50. The van der Waals surface area contributed by atoms with E-state index in [0.717, 1.165) is 63.0 Å². The van der Waals surface area contributed by atoms with Gasteiger partial charge in [0.2, 0.25) is 5.95 Å². The van der Waals surface area contributed by atoms with Gasteiger partial charge < -0.3 is 15.4 Å². The van der Waals surface area contributed by atoms with Crippen molar-refractivity contribution in [3.05, 3.63) is 41.1 Å². The first-order chi connectivity index (χ1) is 12.7. The molecule has 1 fully saturated rings. The Morgan fingerprint density at radius 3 is 2.73 bits per heavy atom. The predicted molar refractivity (Wildman–Crippen MR) is 106 cm³/mol. The molecular weight excluding hydrogens is 326 g/mol. The maximum absolute atomic E-state index is 5.39. The van der Waals surface area contributed by atoms with Crippen LogP contribution in [-0.2, 0) is 11.2 Å². The lowest BCUT2D eigenvalue weighted by Gasteiger charge is -2.26. The van der Waals surface area contributed by atoms with Gasteiger partial charge in [0.1, 0.15) is 5.82 Å². The van der Waals surface area contributed by atoms with Crippen LogP contribution in [-0.4, -0.2) is 54.3 Å². The van der Waals surface area contributed by atoms with Gasteiger partial charge in [0.05, 0.1) is 13.2 Å². The van der Waals surface area contributed by atoms with Gasteiger partial charge in [-0.2, -0.15) is 4.98 Å². The molecular formula is C20H29N5O. The van der Waals surface area contributed by atoms with Gasteiger partial charge in [-0.05, 0) is 31.4 Å². The topological polar surface area (TPSA) is 62.3 Å². The number of anilines is 3. The smallest absolute Gasteiger partial charge is 0.224 e. The Balaban J connectivity index is 1.66. The van der Waals surface area contributed by atoms with Gasteiger partial charge in [0, 0.05) is 43.6 Å². The molecule has 6 nitrogen and oxygen atoms in total. The molecule has 1 aromatic heterocycles. The predicted octanol–water partition coefficient (Wildman–Crippen LogP) is 3.14. The zero-order chi connectivity index (χ0) is 18.4. The largest absolute Gasteiger partial charge is 0.379 e. The van der Waals surface area contributed by atoms with Crippen LogP contribution in [0.15, 0.2) is 24.3 Å². The van der Waals surface area contributed by atoms with E-state index in [1.807, 2.05) is 13.0 Å². The number of para-hydroxylation sites is 1. The number of ether oxygens (including phenoxy) is 1. The van der Waals surface area contributed by atoms with Crippen molar-refractivity contribution in [1.82, 2.24) is 14.9 Å². The molecule has 0 radical (unpaired) electrons. The van der Waals surface area contributed by atoms with E-state index in [9.17, 15) is 0 Å². The minimum Gasteiger partial charge on any atom is -0.379 e. The molecule has 26 heavy (non-hydrogen) atoms. The number of nitrogens with zero attached hydrogens (tertiary/aromatic N) is 3. The Bertz CT molecular complexity index is 728. The maximum Gasteiger partial charge on any atom is 0.224 e. The molecule has 0 spiro atoms. The number of hydrogen-bond donors (Lipinski definition) is 2. The van der Waals surface area contributed by atoms with Crippen molar-refractivity contribution in [1.29, 1.82) is 0 Å². The lowest BCUT2D eigenvalue weighted by molar-refractivity contribution is 0.0398. The van der Waals surface area contributed by atoms with Gasteiger partial charge in [-0.1, -0.05) is 25.1 Å². The third kappa shape index (κ3) is 4.93. The second-order valence-corrected chi connectivity index (χ2v) is 6.69.